The fourth-order valence-corrected chi connectivity index (χ4v) is 1.11. The van der Waals surface area contributed by atoms with Crippen LogP contribution in [0.3, 0.4) is 0 Å². The van der Waals surface area contributed by atoms with Crippen LogP contribution in [-0.2, 0) is 7.05 Å². The highest BCUT2D eigenvalue weighted by Gasteiger charge is 2.27. The molecule has 0 unspecified atom stereocenters. The number of nitro groups is 1. The van der Waals surface area contributed by atoms with Gasteiger partial charge in [-0.1, -0.05) is 13.8 Å². The molecule has 0 bridgehead atoms. The molecule has 0 saturated heterocycles. The lowest BCUT2D eigenvalue weighted by molar-refractivity contribution is -0.389. The quantitative estimate of drug-likeness (QED) is 0.414. The van der Waals surface area contributed by atoms with Gasteiger partial charge >= 0.3 is 5.82 Å². The molecule has 0 radical (unpaired) electrons. The minimum atomic E-state index is -0.643. The minimum Gasteiger partial charge on any atom is -0.358 e. The number of Topliss-reactive ketones (excluding diaryl/α,β-unsaturated/α-hetero) is 1. The van der Waals surface area contributed by atoms with E-state index in [4.69, 9.17) is 0 Å². The molecule has 1 rings (SSSR count). The van der Waals surface area contributed by atoms with Crippen LogP contribution in [0.15, 0.2) is 6.33 Å². The van der Waals surface area contributed by atoms with Crippen molar-refractivity contribution in [2.75, 3.05) is 0 Å². The molecular formula is C8H11N3O3. The molecule has 0 aliphatic rings. The van der Waals surface area contributed by atoms with E-state index in [9.17, 15) is 14.9 Å². The predicted octanol–water partition coefficient (Wildman–Crippen LogP) is 1.17. The summed E-state index contributed by atoms with van der Waals surface area (Å²) >= 11 is 0. The Kier molecular flexibility index (Phi) is 2.64. The third-order valence-corrected chi connectivity index (χ3v) is 1.85. The lowest BCUT2D eigenvalue weighted by atomic mass is 10.1. The third-order valence-electron chi connectivity index (χ3n) is 1.85. The summed E-state index contributed by atoms with van der Waals surface area (Å²) in [6.45, 7) is 3.39. The van der Waals surface area contributed by atoms with Crippen LogP contribution in [0.1, 0.15) is 24.3 Å². The van der Waals surface area contributed by atoms with Crippen LogP contribution in [-0.4, -0.2) is 20.3 Å². The highest BCUT2D eigenvalue weighted by molar-refractivity contribution is 5.98. The summed E-state index contributed by atoms with van der Waals surface area (Å²) in [5.74, 6) is -0.910. The van der Waals surface area contributed by atoms with Gasteiger partial charge in [-0.15, -0.1) is 0 Å². The second kappa shape index (κ2) is 3.57. The number of ketones is 1. The first-order chi connectivity index (χ1) is 6.45. The van der Waals surface area contributed by atoms with Gasteiger partial charge in [0.25, 0.3) is 0 Å². The van der Waals surface area contributed by atoms with Gasteiger partial charge in [-0.25, -0.2) is 0 Å². The Hall–Kier alpha value is -1.72. The number of aryl methyl sites for hydroxylation is 1. The SMILES string of the molecule is CC(C)C(=O)c1c([N+](=O)[O-])ncn1C. The molecule has 0 aromatic carbocycles. The fraction of sp³-hybridized carbons (Fsp3) is 0.500. The van der Waals surface area contributed by atoms with Gasteiger partial charge in [-0.05, 0) is 9.91 Å². The predicted molar refractivity (Wildman–Crippen MR) is 49.0 cm³/mol. The monoisotopic (exact) mass is 197 g/mol. The van der Waals surface area contributed by atoms with Crippen LogP contribution in [0.25, 0.3) is 0 Å². The number of rotatable bonds is 3. The zero-order chi connectivity index (χ0) is 10.9. The van der Waals surface area contributed by atoms with Gasteiger partial charge < -0.3 is 14.7 Å². The molecule has 0 aliphatic heterocycles. The van der Waals surface area contributed by atoms with Gasteiger partial charge in [0.1, 0.15) is 0 Å². The molecule has 6 heteroatoms. The number of hydrogen-bond acceptors (Lipinski definition) is 4. The standard InChI is InChI=1S/C8H11N3O3/c1-5(2)7(12)6-8(11(13)14)9-4-10(6)3/h4-5H,1-3H3. The van der Waals surface area contributed by atoms with Crippen molar-refractivity contribution in [3.8, 4) is 0 Å². The van der Waals surface area contributed by atoms with Gasteiger partial charge in [0, 0.05) is 13.0 Å². The molecule has 0 saturated carbocycles. The molecular weight excluding hydrogens is 186 g/mol. The third kappa shape index (κ3) is 1.63. The van der Waals surface area contributed by atoms with E-state index >= 15 is 0 Å². The Morgan fingerprint density at radius 3 is 2.64 bits per heavy atom. The van der Waals surface area contributed by atoms with Crippen molar-refractivity contribution in [3.05, 3.63) is 22.1 Å². The summed E-state index contributed by atoms with van der Waals surface area (Å²) < 4.78 is 1.38. The second-order valence-electron chi connectivity index (χ2n) is 3.30. The average Bonchev–Trinajstić information content (AvgIpc) is 2.45. The van der Waals surface area contributed by atoms with Gasteiger partial charge in [-0.2, -0.15) is 0 Å². The molecule has 1 aromatic heterocycles. The average molecular weight is 197 g/mol. The molecule has 0 amide bonds. The maximum absolute atomic E-state index is 11.6. The van der Waals surface area contributed by atoms with Crippen molar-refractivity contribution in [2.45, 2.75) is 13.8 Å². The molecule has 0 spiro atoms. The van der Waals surface area contributed by atoms with E-state index in [1.165, 1.54) is 10.9 Å². The van der Waals surface area contributed by atoms with E-state index in [2.05, 4.69) is 4.98 Å². The van der Waals surface area contributed by atoms with Crippen LogP contribution in [0.4, 0.5) is 5.82 Å². The molecule has 0 N–H and O–H groups in total. The van der Waals surface area contributed by atoms with Crippen LogP contribution < -0.4 is 0 Å². The lowest BCUT2D eigenvalue weighted by Crippen LogP contribution is -2.13. The molecule has 1 heterocycles. The number of carbonyl (C=O) groups is 1. The molecule has 0 fully saturated rings. The van der Waals surface area contributed by atoms with Gasteiger partial charge in [0.05, 0.1) is 0 Å². The van der Waals surface area contributed by atoms with E-state index in [0.29, 0.717) is 0 Å². The second-order valence-corrected chi connectivity index (χ2v) is 3.30. The summed E-state index contributed by atoms with van der Waals surface area (Å²) in [6.07, 6.45) is 1.27. The summed E-state index contributed by atoms with van der Waals surface area (Å²) in [4.78, 5) is 25.0. The van der Waals surface area contributed by atoms with Crippen LogP contribution in [0, 0.1) is 16.0 Å². The van der Waals surface area contributed by atoms with Crippen molar-refractivity contribution in [1.29, 1.82) is 0 Å². The highest BCUT2D eigenvalue weighted by Crippen LogP contribution is 2.18. The van der Waals surface area contributed by atoms with E-state index in [0.717, 1.165) is 0 Å². The number of imidazole rings is 1. The zero-order valence-corrected chi connectivity index (χ0v) is 8.22. The van der Waals surface area contributed by atoms with Crippen molar-refractivity contribution >= 4 is 11.6 Å². The van der Waals surface area contributed by atoms with E-state index in [1.54, 1.807) is 20.9 Å². The van der Waals surface area contributed by atoms with Gasteiger partial charge in [0.2, 0.25) is 6.33 Å². The van der Waals surface area contributed by atoms with Crippen LogP contribution in [0.5, 0.6) is 0 Å². The maximum Gasteiger partial charge on any atom is 0.392 e. The van der Waals surface area contributed by atoms with Crippen molar-refractivity contribution < 1.29 is 9.72 Å². The number of carbonyl (C=O) groups excluding carboxylic acids is 1. The zero-order valence-electron chi connectivity index (χ0n) is 8.22. The van der Waals surface area contributed by atoms with Crippen molar-refractivity contribution in [3.63, 3.8) is 0 Å². The van der Waals surface area contributed by atoms with Crippen molar-refractivity contribution in [2.24, 2.45) is 13.0 Å². The first kappa shape index (κ1) is 10.4. The van der Waals surface area contributed by atoms with Gasteiger partial charge in [0.15, 0.2) is 11.5 Å². The molecule has 14 heavy (non-hydrogen) atoms. The Balaban J connectivity index is 3.24. The number of hydrogen-bond donors (Lipinski definition) is 0. The topological polar surface area (TPSA) is 78.0 Å². The summed E-state index contributed by atoms with van der Waals surface area (Å²) in [5.41, 5.74) is 0.0602. The molecule has 76 valence electrons. The van der Waals surface area contributed by atoms with E-state index in [-0.39, 0.29) is 23.2 Å². The van der Waals surface area contributed by atoms with E-state index in [1.807, 2.05) is 0 Å². The Morgan fingerprint density at radius 1 is 1.64 bits per heavy atom. The maximum atomic E-state index is 11.6. The molecule has 0 aliphatic carbocycles. The van der Waals surface area contributed by atoms with Crippen LogP contribution in [0.2, 0.25) is 0 Å². The summed E-state index contributed by atoms with van der Waals surface area (Å²) in [6, 6.07) is 0. The smallest absolute Gasteiger partial charge is 0.358 e. The lowest BCUT2D eigenvalue weighted by Gasteiger charge is -2.03. The van der Waals surface area contributed by atoms with Gasteiger partial charge in [-0.3, -0.25) is 4.79 Å². The van der Waals surface area contributed by atoms with Crippen molar-refractivity contribution in [1.82, 2.24) is 9.55 Å². The van der Waals surface area contributed by atoms with E-state index < -0.39 is 4.92 Å². The van der Waals surface area contributed by atoms with Crippen LogP contribution >= 0.6 is 0 Å². The first-order valence-electron chi connectivity index (χ1n) is 4.15. The molecule has 6 nitrogen and oxygen atoms in total. The molecule has 1 aromatic rings. The largest absolute Gasteiger partial charge is 0.392 e. The fourth-order valence-electron chi connectivity index (χ4n) is 1.11. The minimum absolute atomic E-state index is 0.0602. The number of nitrogens with zero attached hydrogens (tertiary/aromatic N) is 3. The first-order valence-corrected chi connectivity index (χ1v) is 4.15. The number of aromatic nitrogens is 2. The highest BCUT2D eigenvalue weighted by atomic mass is 16.6. The Bertz CT molecular complexity index is 381. The molecule has 0 atom stereocenters. The Labute approximate surface area is 80.7 Å². The summed E-state index contributed by atoms with van der Waals surface area (Å²) in [5, 5.41) is 10.5. The normalized spacial score (nSPS) is 10.6. The Morgan fingerprint density at radius 2 is 2.21 bits per heavy atom. The summed E-state index contributed by atoms with van der Waals surface area (Å²) in [7, 11) is 1.57.